The van der Waals surface area contributed by atoms with Crippen LogP contribution in [0, 0.1) is 17.2 Å². The molecule has 0 amide bonds. The minimum absolute atomic E-state index is 0.106. The summed E-state index contributed by atoms with van der Waals surface area (Å²) >= 11 is 0. The first-order valence-corrected chi connectivity index (χ1v) is 10.7. The molecule has 1 aliphatic rings. The third kappa shape index (κ3) is 3.98. The molecule has 1 saturated heterocycles. The number of aromatic amines is 1. The highest BCUT2D eigenvalue weighted by atomic mass is 19.1. The van der Waals surface area contributed by atoms with Crippen molar-refractivity contribution in [3.63, 3.8) is 0 Å². The summed E-state index contributed by atoms with van der Waals surface area (Å²) in [5.41, 5.74) is 0.424. The molecule has 0 unspecified atom stereocenters. The van der Waals surface area contributed by atoms with Crippen LogP contribution in [0.25, 0.3) is 16.8 Å². The third-order valence-corrected chi connectivity index (χ3v) is 6.14. The molecule has 1 aromatic heterocycles. The van der Waals surface area contributed by atoms with Gasteiger partial charge in [0.05, 0.1) is 12.8 Å². The molecule has 0 saturated carbocycles. The summed E-state index contributed by atoms with van der Waals surface area (Å²) in [6.07, 6.45) is 0.916. The average molecular weight is 439 g/mol. The Balaban J connectivity index is 1.70. The number of ketones is 1. The van der Waals surface area contributed by atoms with Gasteiger partial charge in [0.25, 0.3) is 0 Å². The van der Waals surface area contributed by atoms with Crippen molar-refractivity contribution in [1.82, 2.24) is 20.1 Å². The van der Waals surface area contributed by atoms with Crippen LogP contribution in [0.2, 0.25) is 0 Å². The molecule has 168 valence electrons. The second-order valence-corrected chi connectivity index (χ2v) is 8.58. The van der Waals surface area contributed by atoms with Crippen LogP contribution < -0.4 is 15.7 Å². The molecule has 4 rings (SSSR count). The van der Waals surface area contributed by atoms with E-state index in [4.69, 9.17) is 4.74 Å². The van der Waals surface area contributed by atoms with Crippen molar-refractivity contribution in [2.24, 2.45) is 11.3 Å². The number of nitrogens with one attached hydrogen (secondary N) is 2. The van der Waals surface area contributed by atoms with Crippen molar-refractivity contribution < 1.29 is 13.9 Å². The zero-order valence-corrected chi connectivity index (χ0v) is 18.4. The Morgan fingerprint density at radius 1 is 1.22 bits per heavy atom. The summed E-state index contributed by atoms with van der Waals surface area (Å²) in [6.45, 7) is 4.98. The highest BCUT2D eigenvalue weighted by Gasteiger charge is 2.43. The van der Waals surface area contributed by atoms with Crippen LogP contribution in [-0.4, -0.2) is 40.7 Å². The average Bonchev–Trinajstić information content (AvgIpc) is 3.41. The molecule has 2 N–H and O–H groups in total. The lowest BCUT2D eigenvalue weighted by atomic mass is 9.75. The molecule has 3 aromatic rings. The third-order valence-electron chi connectivity index (χ3n) is 6.14. The van der Waals surface area contributed by atoms with Crippen LogP contribution in [0.1, 0.15) is 26.1 Å². The Morgan fingerprint density at radius 3 is 2.53 bits per heavy atom. The van der Waals surface area contributed by atoms with E-state index in [-0.39, 0.29) is 23.8 Å². The van der Waals surface area contributed by atoms with Crippen molar-refractivity contribution in [3.8, 4) is 22.6 Å². The summed E-state index contributed by atoms with van der Waals surface area (Å²) in [4.78, 5) is 25.6. The predicted octanol–water partition coefficient (Wildman–Crippen LogP) is 3.12. The van der Waals surface area contributed by atoms with Gasteiger partial charge in [0.1, 0.15) is 23.2 Å². The molecule has 0 spiro atoms. The topological polar surface area (TPSA) is 89.0 Å². The molecular weight excluding hydrogens is 411 g/mol. The Labute approximate surface area is 185 Å². The van der Waals surface area contributed by atoms with Crippen LogP contribution in [0.5, 0.6) is 5.75 Å². The lowest BCUT2D eigenvalue weighted by Crippen LogP contribution is -2.39. The van der Waals surface area contributed by atoms with Gasteiger partial charge in [-0.1, -0.05) is 32.0 Å². The van der Waals surface area contributed by atoms with E-state index in [1.807, 2.05) is 26.0 Å². The summed E-state index contributed by atoms with van der Waals surface area (Å²) in [7, 11) is 1.59. The Morgan fingerprint density at radius 2 is 1.94 bits per heavy atom. The lowest BCUT2D eigenvalue weighted by Gasteiger charge is -2.28. The van der Waals surface area contributed by atoms with Crippen molar-refractivity contribution in [2.75, 3.05) is 20.2 Å². The van der Waals surface area contributed by atoms with E-state index in [0.717, 1.165) is 12.1 Å². The van der Waals surface area contributed by atoms with Crippen molar-refractivity contribution in [3.05, 3.63) is 64.6 Å². The minimum atomic E-state index is -0.656. The van der Waals surface area contributed by atoms with E-state index in [2.05, 4.69) is 15.5 Å². The number of benzene rings is 2. The van der Waals surface area contributed by atoms with Gasteiger partial charge in [-0.15, -0.1) is 0 Å². The van der Waals surface area contributed by atoms with Gasteiger partial charge < -0.3 is 10.1 Å². The number of rotatable bonds is 7. The van der Waals surface area contributed by atoms with Crippen LogP contribution in [-0.2, 0) is 11.2 Å². The number of hydrogen-bond acceptors (Lipinski definition) is 5. The number of methoxy groups -OCH3 is 1. The summed E-state index contributed by atoms with van der Waals surface area (Å²) in [6, 6.07) is 12.0. The summed E-state index contributed by atoms with van der Waals surface area (Å²) in [5.74, 6) is 0.502. The SMILES string of the molecule is COc1ccc(-c2ccc(-n3c(C[C@@]4(C(=O)C(C)C)CCNC4)n[nH]c3=O)c(F)c2)cc1. The van der Waals surface area contributed by atoms with Gasteiger partial charge in [-0.2, -0.15) is 5.10 Å². The zero-order valence-electron chi connectivity index (χ0n) is 18.4. The molecule has 1 atom stereocenters. The fourth-order valence-corrected chi connectivity index (χ4v) is 4.45. The van der Waals surface area contributed by atoms with E-state index in [1.165, 1.54) is 10.6 Å². The first-order valence-electron chi connectivity index (χ1n) is 10.7. The van der Waals surface area contributed by atoms with Crippen molar-refractivity contribution in [2.45, 2.75) is 26.7 Å². The smallest absolute Gasteiger partial charge is 0.348 e. The van der Waals surface area contributed by atoms with Gasteiger partial charge in [-0.05, 0) is 48.4 Å². The van der Waals surface area contributed by atoms with E-state index < -0.39 is 16.9 Å². The minimum Gasteiger partial charge on any atom is -0.497 e. The first kappa shape index (κ1) is 22.0. The largest absolute Gasteiger partial charge is 0.497 e. The summed E-state index contributed by atoms with van der Waals surface area (Å²) in [5, 5.41) is 9.83. The maximum Gasteiger partial charge on any atom is 0.348 e. The van der Waals surface area contributed by atoms with Gasteiger partial charge in [0.2, 0.25) is 0 Å². The number of carbonyl (C=O) groups excluding carboxylic acids is 1. The molecule has 0 aliphatic carbocycles. The molecule has 1 aliphatic heterocycles. The summed E-state index contributed by atoms with van der Waals surface area (Å²) < 4.78 is 21.6. The lowest BCUT2D eigenvalue weighted by molar-refractivity contribution is -0.131. The number of halogens is 1. The Bertz CT molecular complexity index is 1170. The predicted molar refractivity (Wildman–Crippen MR) is 120 cm³/mol. The van der Waals surface area contributed by atoms with E-state index in [9.17, 15) is 9.59 Å². The molecule has 8 heteroatoms. The van der Waals surface area contributed by atoms with Gasteiger partial charge in [-0.25, -0.2) is 18.9 Å². The van der Waals surface area contributed by atoms with E-state index in [0.29, 0.717) is 30.1 Å². The first-order chi connectivity index (χ1) is 15.3. The number of ether oxygens (including phenoxy) is 1. The molecule has 0 radical (unpaired) electrons. The number of carbonyl (C=O) groups is 1. The standard InChI is InChI=1S/C24H27FN4O3/c1-15(2)22(30)24(10-11-26-14-24)13-21-27-28-23(31)29(21)20-9-6-17(12-19(20)25)16-4-7-18(32-3)8-5-16/h4-9,12,15,26H,10-11,13-14H2,1-3H3,(H,28,31)/t24-/m0/s1. The van der Waals surface area contributed by atoms with E-state index in [1.54, 1.807) is 31.4 Å². The number of nitrogens with zero attached hydrogens (tertiary/aromatic N) is 2. The monoisotopic (exact) mass is 438 g/mol. The fourth-order valence-electron chi connectivity index (χ4n) is 4.45. The molecule has 1 fully saturated rings. The maximum atomic E-state index is 15.2. The van der Waals surface area contributed by atoms with Crippen molar-refractivity contribution in [1.29, 1.82) is 0 Å². The Hall–Kier alpha value is -3.26. The van der Waals surface area contributed by atoms with E-state index >= 15 is 4.39 Å². The quantitative estimate of drug-likeness (QED) is 0.592. The van der Waals surface area contributed by atoms with Gasteiger partial charge >= 0.3 is 5.69 Å². The number of aromatic nitrogens is 3. The molecule has 32 heavy (non-hydrogen) atoms. The van der Waals surface area contributed by atoms with Crippen LogP contribution in [0.4, 0.5) is 4.39 Å². The van der Waals surface area contributed by atoms with Crippen LogP contribution >= 0.6 is 0 Å². The Kier molecular flexibility index (Phi) is 5.97. The highest BCUT2D eigenvalue weighted by molar-refractivity contribution is 5.87. The number of hydrogen-bond donors (Lipinski definition) is 2. The van der Waals surface area contributed by atoms with Gasteiger partial charge in [0, 0.05) is 24.3 Å². The number of Topliss-reactive ketones (excluding diaryl/α,β-unsaturated/α-hetero) is 1. The fraction of sp³-hybridized carbons (Fsp3) is 0.375. The molecular formula is C24H27FN4O3. The second kappa shape index (κ2) is 8.70. The molecule has 2 aromatic carbocycles. The molecule has 7 nitrogen and oxygen atoms in total. The molecule has 0 bridgehead atoms. The van der Waals surface area contributed by atoms with Gasteiger partial charge in [0.15, 0.2) is 0 Å². The van der Waals surface area contributed by atoms with Crippen LogP contribution in [0.15, 0.2) is 47.3 Å². The molecule has 2 heterocycles. The van der Waals surface area contributed by atoms with Gasteiger partial charge in [-0.3, -0.25) is 4.79 Å². The zero-order chi connectivity index (χ0) is 22.9. The second-order valence-electron chi connectivity index (χ2n) is 8.58. The maximum absolute atomic E-state index is 15.2. The van der Waals surface area contributed by atoms with Crippen molar-refractivity contribution >= 4 is 5.78 Å². The van der Waals surface area contributed by atoms with Crippen LogP contribution in [0.3, 0.4) is 0 Å². The highest BCUT2D eigenvalue weighted by Crippen LogP contribution is 2.34. The number of H-pyrrole nitrogens is 1. The normalized spacial score (nSPS) is 18.3.